The topological polar surface area (TPSA) is 67.8 Å². The third-order valence-corrected chi connectivity index (χ3v) is 7.56. The first-order valence-corrected chi connectivity index (χ1v) is 12.6. The molecule has 0 unspecified atom stereocenters. The molecule has 0 bridgehead atoms. The lowest BCUT2D eigenvalue weighted by molar-refractivity contribution is 0.0920. The number of aromatic nitrogens is 3. The first kappa shape index (κ1) is 21.7. The van der Waals surface area contributed by atoms with Gasteiger partial charge in [0.1, 0.15) is 6.33 Å². The van der Waals surface area contributed by atoms with Gasteiger partial charge in [-0.3, -0.25) is 4.79 Å². The molecule has 3 aromatic heterocycles. The molecule has 3 heterocycles. The standard InChI is InChI=1S/C27H28N4OS/c1-18(20-8-3-2-4-9-20)30-27(32)25-21-10-5-6-11-23(21)31-26(24-12-7-13-33-24)22(25)14-19-15-28-17-29-16-19/h5-7,10-13,15-18,20H,2-4,8-9,14H2,1H3,(H,30,32)/t18-/m0/s1. The monoisotopic (exact) mass is 456 g/mol. The normalized spacial score (nSPS) is 15.4. The molecule has 1 N–H and O–H groups in total. The number of fused-ring (bicyclic) bond motifs is 1. The molecule has 6 heteroatoms. The molecule has 5 rings (SSSR count). The smallest absolute Gasteiger partial charge is 0.252 e. The molecule has 0 saturated heterocycles. The Morgan fingerprint density at radius 3 is 2.64 bits per heavy atom. The number of para-hydroxylation sites is 1. The van der Waals surface area contributed by atoms with Crippen LogP contribution in [0.3, 0.4) is 0 Å². The van der Waals surface area contributed by atoms with Crippen LogP contribution < -0.4 is 5.32 Å². The summed E-state index contributed by atoms with van der Waals surface area (Å²) < 4.78 is 0. The van der Waals surface area contributed by atoms with Gasteiger partial charge in [0.25, 0.3) is 5.91 Å². The highest BCUT2D eigenvalue weighted by atomic mass is 32.1. The van der Waals surface area contributed by atoms with Gasteiger partial charge in [0.05, 0.1) is 21.7 Å². The van der Waals surface area contributed by atoms with Crippen molar-refractivity contribution in [3.63, 3.8) is 0 Å². The van der Waals surface area contributed by atoms with E-state index in [9.17, 15) is 4.79 Å². The fraction of sp³-hybridized carbons (Fsp3) is 0.333. The number of thiophene rings is 1. The van der Waals surface area contributed by atoms with Gasteiger partial charge >= 0.3 is 0 Å². The van der Waals surface area contributed by atoms with Gasteiger partial charge in [0.2, 0.25) is 0 Å². The summed E-state index contributed by atoms with van der Waals surface area (Å²) in [7, 11) is 0. The van der Waals surface area contributed by atoms with E-state index in [-0.39, 0.29) is 11.9 Å². The summed E-state index contributed by atoms with van der Waals surface area (Å²) in [5.41, 5.74) is 4.31. The van der Waals surface area contributed by atoms with E-state index in [0.29, 0.717) is 12.3 Å². The molecule has 1 atom stereocenters. The predicted molar refractivity (Wildman–Crippen MR) is 133 cm³/mol. The van der Waals surface area contributed by atoms with Crippen molar-refractivity contribution < 1.29 is 4.79 Å². The minimum Gasteiger partial charge on any atom is -0.349 e. The first-order valence-electron chi connectivity index (χ1n) is 11.7. The van der Waals surface area contributed by atoms with E-state index in [1.54, 1.807) is 11.3 Å². The van der Waals surface area contributed by atoms with Gasteiger partial charge in [-0.15, -0.1) is 11.3 Å². The van der Waals surface area contributed by atoms with Crippen LogP contribution in [0, 0.1) is 5.92 Å². The number of nitrogens with zero attached hydrogens (tertiary/aromatic N) is 3. The van der Waals surface area contributed by atoms with E-state index >= 15 is 0 Å². The van der Waals surface area contributed by atoms with Crippen LogP contribution >= 0.6 is 11.3 Å². The lowest BCUT2D eigenvalue weighted by atomic mass is 9.84. The van der Waals surface area contributed by atoms with Gasteiger partial charge in [0.15, 0.2) is 0 Å². The van der Waals surface area contributed by atoms with Gasteiger partial charge in [0, 0.05) is 30.2 Å². The van der Waals surface area contributed by atoms with Crippen LogP contribution in [-0.2, 0) is 6.42 Å². The molecule has 1 saturated carbocycles. The van der Waals surface area contributed by atoms with Crippen LogP contribution in [0.1, 0.15) is 60.5 Å². The molecule has 1 fully saturated rings. The summed E-state index contributed by atoms with van der Waals surface area (Å²) in [5, 5.41) is 6.30. The van der Waals surface area contributed by atoms with Crippen LogP contribution in [0.4, 0.5) is 0 Å². The van der Waals surface area contributed by atoms with E-state index in [1.165, 1.54) is 38.4 Å². The lowest BCUT2D eigenvalue weighted by Crippen LogP contribution is -2.39. The minimum atomic E-state index is -0.0173. The number of pyridine rings is 1. The highest BCUT2D eigenvalue weighted by molar-refractivity contribution is 7.13. The second-order valence-electron chi connectivity index (χ2n) is 8.89. The van der Waals surface area contributed by atoms with Crippen LogP contribution in [-0.4, -0.2) is 26.9 Å². The van der Waals surface area contributed by atoms with Crippen molar-refractivity contribution in [2.45, 2.75) is 51.5 Å². The zero-order chi connectivity index (χ0) is 22.6. The highest BCUT2D eigenvalue weighted by Gasteiger charge is 2.26. The molecule has 168 valence electrons. The second kappa shape index (κ2) is 9.79. The quantitative estimate of drug-likeness (QED) is 0.384. The fourth-order valence-electron chi connectivity index (χ4n) is 4.96. The summed E-state index contributed by atoms with van der Waals surface area (Å²) in [6.45, 7) is 2.15. The Hall–Kier alpha value is -3.12. The Bertz CT molecular complexity index is 1230. The second-order valence-corrected chi connectivity index (χ2v) is 9.84. The third-order valence-electron chi connectivity index (χ3n) is 6.69. The average Bonchev–Trinajstić information content (AvgIpc) is 3.39. The third kappa shape index (κ3) is 4.67. The molecule has 0 radical (unpaired) electrons. The van der Waals surface area contributed by atoms with Crippen molar-refractivity contribution in [3.8, 4) is 10.6 Å². The zero-order valence-electron chi connectivity index (χ0n) is 18.8. The number of rotatable bonds is 6. The number of carbonyl (C=O) groups is 1. The van der Waals surface area contributed by atoms with Gasteiger partial charge in [-0.05, 0) is 54.3 Å². The maximum atomic E-state index is 13.9. The van der Waals surface area contributed by atoms with Gasteiger partial charge < -0.3 is 5.32 Å². The van der Waals surface area contributed by atoms with Gasteiger partial charge in [-0.2, -0.15) is 0 Å². The molecule has 4 aromatic rings. The van der Waals surface area contributed by atoms with Crippen LogP contribution in [0.25, 0.3) is 21.5 Å². The van der Waals surface area contributed by atoms with Crippen LogP contribution in [0.5, 0.6) is 0 Å². The number of nitrogens with one attached hydrogen (secondary N) is 1. The van der Waals surface area contributed by atoms with Crippen molar-refractivity contribution in [3.05, 3.63) is 77.2 Å². The Balaban J connectivity index is 1.63. The van der Waals surface area contributed by atoms with E-state index in [1.807, 2.05) is 48.1 Å². The van der Waals surface area contributed by atoms with Crippen molar-refractivity contribution in [2.24, 2.45) is 5.92 Å². The maximum absolute atomic E-state index is 13.9. The van der Waals surface area contributed by atoms with Crippen molar-refractivity contribution >= 4 is 28.1 Å². The molecule has 0 spiro atoms. The Kier molecular flexibility index (Phi) is 6.44. The number of hydrogen-bond acceptors (Lipinski definition) is 5. The Morgan fingerprint density at radius 1 is 1.09 bits per heavy atom. The Morgan fingerprint density at radius 2 is 1.88 bits per heavy atom. The van der Waals surface area contributed by atoms with E-state index in [0.717, 1.165) is 38.2 Å². The van der Waals surface area contributed by atoms with Crippen LogP contribution in [0.15, 0.2) is 60.5 Å². The summed E-state index contributed by atoms with van der Waals surface area (Å²) in [5.74, 6) is 0.523. The van der Waals surface area contributed by atoms with Crippen molar-refractivity contribution in [1.82, 2.24) is 20.3 Å². The molecular weight excluding hydrogens is 428 g/mol. The van der Waals surface area contributed by atoms with Gasteiger partial charge in [-0.1, -0.05) is 43.5 Å². The number of amides is 1. The van der Waals surface area contributed by atoms with Crippen molar-refractivity contribution in [1.29, 1.82) is 0 Å². The molecule has 33 heavy (non-hydrogen) atoms. The van der Waals surface area contributed by atoms with E-state index in [4.69, 9.17) is 4.98 Å². The van der Waals surface area contributed by atoms with E-state index < -0.39 is 0 Å². The fourth-order valence-corrected chi connectivity index (χ4v) is 5.70. The zero-order valence-corrected chi connectivity index (χ0v) is 19.6. The summed E-state index contributed by atoms with van der Waals surface area (Å²) in [4.78, 5) is 28.3. The molecule has 1 amide bonds. The van der Waals surface area contributed by atoms with Crippen LogP contribution in [0.2, 0.25) is 0 Å². The maximum Gasteiger partial charge on any atom is 0.252 e. The molecule has 1 aliphatic carbocycles. The number of hydrogen-bond donors (Lipinski definition) is 1. The minimum absolute atomic E-state index is 0.0173. The summed E-state index contributed by atoms with van der Waals surface area (Å²) >= 11 is 1.64. The Labute approximate surface area is 198 Å². The predicted octanol–water partition coefficient (Wildman–Crippen LogP) is 6.04. The molecule has 0 aliphatic heterocycles. The lowest BCUT2D eigenvalue weighted by Gasteiger charge is -2.29. The summed E-state index contributed by atoms with van der Waals surface area (Å²) in [6, 6.07) is 12.2. The molecule has 1 aromatic carbocycles. The largest absolute Gasteiger partial charge is 0.349 e. The van der Waals surface area contributed by atoms with E-state index in [2.05, 4.69) is 28.3 Å². The van der Waals surface area contributed by atoms with Crippen molar-refractivity contribution in [2.75, 3.05) is 0 Å². The molecule has 1 aliphatic rings. The average molecular weight is 457 g/mol. The SMILES string of the molecule is C[C@H](NC(=O)c1c(Cc2cncnc2)c(-c2cccs2)nc2ccccc12)C1CCCCC1. The number of carbonyl (C=O) groups excluding carboxylic acids is 1. The van der Waals surface area contributed by atoms with Gasteiger partial charge in [-0.25, -0.2) is 15.0 Å². The number of benzene rings is 1. The molecular formula is C27H28N4OS. The summed E-state index contributed by atoms with van der Waals surface area (Å²) in [6.07, 6.45) is 11.9. The molecule has 5 nitrogen and oxygen atoms in total. The first-order chi connectivity index (χ1) is 16.2. The highest BCUT2D eigenvalue weighted by Crippen LogP contribution is 2.34.